The molecule has 0 spiro atoms. The number of benzene rings is 3. The Balaban J connectivity index is 1.40. The molecule has 2 aliphatic rings. The van der Waals surface area contributed by atoms with Crippen LogP contribution in [0.2, 0.25) is 0 Å². The van der Waals surface area contributed by atoms with E-state index in [1.807, 2.05) is 31.2 Å². The van der Waals surface area contributed by atoms with Gasteiger partial charge in [0, 0.05) is 37.8 Å². The smallest absolute Gasteiger partial charge is 0.264 e. The highest BCUT2D eigenvalue weighted by atomic mass is 32.2. The van der Waals surface area contributed by atoms with Gasteiger partial charge in [0.1, 0.15) is 11.5 Å². The zero-order valence-electron chi connectivity index (χ0n) is 21.3. The van der Waals surface area contributed by atoms with Crippen molar-refractivity contribution in [2.45, 2.75) is 37.2 Å². The van der Waals surface area contributed by atoms with Gasteiger partial charge in [0.2, 0.25) is 6.79 Å². The van der Waals surface area contributed by atoms with Gasteiger partial charge >= 0.3 is 0 Å². The van der Waals surface area contributed by atoms with Crippen molar-refractivity contribution in [3.8, 4) is 23.0 Å². The Morgan fingerprint density at radius 1 is 0.919 bits per heavy atom. The van der Waals surface area contributed by atoms with E-state index in [2.05, 4.69) is 4.90 Å². The lowest BCUT2D eigenvalue weighted by Crippen LogP contribution is -2.47. The molecule has 0 N–H and O–H groups in total. The lowest BCUT2D eigenvalue weighted by atomic mass is 10.0. The van der Waals surface area contributed by atoms with E-state index in [1.54, 1.807) is 54.9 Å². The van der Waals surface area contributed by atoms with Gasteiger partial charge in [0.25, 0.3) is 10.0 Å². The normalized spacial score (nSPS) is 16.0. The summed E-state index contributed by atoms with van der Waals surface area (Å²) in [6, 6.07) is 18.1. The molecule has 9 heteroatoms. The first kappa shape index (κ1) is 25.2. The van der Waals surface area contributed by atoms with Gasteiger partial charge in [-0.1, -0.05) is 12.1 Å². The summed E-state index contributed by atoms with van der Waals surface area (Å²) >= 11 is 0. The summed E-state index contributed by atoms with van der Waals surface area (Å²) in [5.74, 6) is 2.69. The average Bonchev–Trinajstić information content (AvgIpc) is 3.37. The molecule has 0 saturated carbocycles. The van der Waals surface area contributed by atoms with Crippen molar-refractivity contribution >= 4 is 15.7 Å². The Hall–Kier alpha value is -3.43. The summed E-state index contributed by atoms with van der Waals surface area (Å²) in [7, 11) is -0.518. The van der Waals surface area contributed by atoms with Gasteiger partial charge in [0.15, 0.2) is 11.5 Å². The number of fused-ring (bicyclic) bond motifs is 1. The molecule has 2 aliphatic heterocycles. The van der Waals surface area contributed by atoms with Gasteiger partial charge in [-0.25, -0.2) is 8.42 Å². The van der Waals surface area contributed by atoms with E-state index in [9.17, 15) is 8.42 Å². The molecule has 8 nitrogen and oxygen atoms in total. The van der Waals surface area contributed by atoms with Crippen LogP contribution < -0.4 is 23.3 Å². The van der Waals surface area contributed by atoms with Crippen molar-refractivity contribution in [1.29, 1.82) is 0 Å². The first-order chi connectivity index (χ1) is 17.9. The molecule has 0 bridgehead atoms. The molecule has 1 fully saturated rings. The maximum absolute atomic E-state index is 14.0. The predicted octanol–water partition coefficient (Wildman–Crippen LogP) is 4.60. The van der Waals surface area contributed by atoms with E-state index in [4.69, 9.17) is 18.9 Å². The molecule has 3 aromatic rings. The molecule has 37 heavy (non-hydrogen) atoms. The summed E-state index contributed by atoms with van der Waals surface area (Å²) in [6.07, 6.45) is 1.39. The topological polar surface area (TPSA) is 77.5 Å². The fraction of sp³-hybridized carbons (Fsp3) is 0.357. The van der Waals surface area contributed by atoms with Crippen LogP contribution in [-0.2, 0) is 16.6 Å². The highest BCUT2D eigenvalue weighted by Gasteiger charge is 2.35. The third kappa shape index (κ3) is 5.33. The molecule has 0 unspecified atom stereocenters. The van der Waals surface area contributed by atoms with Crippen molar-refractivity contribution in [1.82, 2.24) is 4.90 Å². The van der Waals surface area contributed by atoms with Gasteiger partial charge < -0.3 is 18.9 Å². The zero-order chi connectivity index (χ0) is 26.0. The molecule has 196 valence electrons. The lowest BCUT2D eigenvalue weighted by molar-refractivity contribution is 0.174. The minimum Gasteiger partial charge on any atom is -0.497 e. The first-order valence-corrected chi connectivity index (χ1v) is 13.8. The molecule has 5 rings (SSSR count). The van der Waals surface area contributed by atoms with Crippen LogP contribution in [0.4, 0.5) is 5.69 Å². The standard InChI is InChI=1S/C28H32N2O6S/c1-20-5-4-6-26(13-20)37(31,32)30(23-7-8-27-28(16-23)36-19-35-27)22-9-11-29(12-10-22)18-21-14-24(33-2)17-25(15-21)34-3/h4-8,13-17,22H,9-12,18-19H2,1-3H3. The van der Waals surface area contributed by atoms with Crippen molar-refractivity contribution in [3.05, 3.63) is 71.8 Å². The van der Waals surface area contributed by atoms with E-state index in [0.717, 1.165) is 42.3 Å². The van der Waals surface area contributed by atoms with E-state index in [-0.39, 0.29) is 17.7 Å². The van der Waals surface area contributed by atoms with Crippen molar-refractivity contribution in [2.75, 3.05) is 38.4 Å². The number of ether oxygens (including phenoxy) is 4. The number of piperidine rings is 1. The van der Waals surface area contributed by atoms with E-state index >= 15 is 0 Å². The van der Waals surface area contributed by atoms with Crippen molar-refractivity contribution < 1.29 is 27.4 Å². The van der Waals surface area contributed by atoms with Gasteiger partial charge in [-0.05, 0) is 67.3 Å². The Morgan fingerprint density at radius 2 is 1.62 bits per heavy atom. The van der Waals surface area contributed by atoms with Crippen LogP contribution in [0, 0.1) is 6.92 Å². The first-order valence-electron chi connectivity index (χ1n) is 12.3. The van der Waals surface area contributed by atoms with Gasteiger partial charge in [-0.2, -0.15) is 0 Å². The number of hydrogen-bond acceptors (Lipinski definition) is 7. The van der Waals surface area contributed by atoms with Crippen LogP contribution in [0.25, 0.3) is 0 Å². The second-order valence-corrected chi connectivity index (χ2v) is 11.2. The number of nitrogens with zero attached hydrogens (tertiary/aromatic N) is 2. The van der Waals surface area contributed by atoms with Crippen LogP contribution >= 0.6 is 0 Å². The number of sulfonamides is 1. The third-order valence-electron chi connectivity index (χ3n) is 6.86. The monoisotopic (exact) mass is 524 g/mol. The Bertz CT molecular complexity index is 1350. The minimum absolute atomic E-state index is 0.136. The molecule has 0 amide bonds. The largest absolute Gasteiger partial charge is 0.497 e. The predicted molar refractivity (Wildman–Crippen MR) is 141 cm³/mol. The summed E-state index contributed by atoms with van der Waals surface area (Å²) in [5, 5.41) is 0. The number of likely N-dealkylation sites (tertiary alicyclic amines) is 1. The fourth-order valence-electron chi connectivity index (χ4n) is 4.99. The third-order valence-corrected chi connectivity index (χ3v) is 8.74. The van der Waals surface area contributed by atoms with Crippen LogP contribution in [0.3, 0.4) is 0 Å². The minimum atomic E-state index is -3.80. The van der Waals surface area contributed by atoms with Gasteiger partial charge in [0.05, 0.1) is 24.8 Å². The number of rotatable bonds is 8. The van der Waals surface area contributed by atoms with Crippen LogP contribution in [0.15, 0.2) is 65.6 Å². The quantitative estimate of drug-likeness (QED) is 0.426. The maximum atomic E-state index is 14.0. The molecular weight excluding hydrogens is 492 g/mol. The number of anilines is 1. The summed E-state index contributed by atoms with van der Waals surface area (Å²) < 4.78 is 51.4. The second kappa shape index (κ2) is 10.5. The SMILES string of the molecule is COc1cc(CN2CCC(N(c3ccc4c(c3)OCO4)S(=O)(=O)c3cccc(C)c3)CC2)cc(OC)c1. The molecule has 0 atom stereocenters. The summed E-state index contributed by atoms with van der Waals surface area (Å²) in [6.45, 7) is 4.28. The Kier molecular flexibility index (Phi) is 7.17. The Morgan fingerprint density at radius 3 is 2.30 bits per heavy atom. The molecule has 0 aromatic heterocycles. The zero-order valence-corrected chi connectivity index (χ0v) is 22.2. The van der Waals surface area contributed by atoms with Crippen LogP contribution in [0.5, 0.6) is 23.0 Å². The molecular formula is C28H32N2O6S. The fourth-order valence-corrected chi connectivity index (χ4v) is 6.79. The average molecular weight is 525 g/mol. The van der Waals surface area contributed by atoms with Gasteiger partial charge in [-0.3, -0.25) is 9.21 Å². The number of methoxy groups -OCH3 is 2. The van der Waals surface area contributed by atoms with Crippen LogP contribution in [-0.4, -0.2) is 53.5 Å². The van der Waals surface area contributed by atoms with Crippen LogP contribution in [0.1, 0.15) is 24.0 Å². The molecule has 1 saturated heterocycles. The molecule has 2 heterocycles. The van der Waals surface area contributed by atoms with Gasteiger partial charge in [-0.15, -0.1) is 0 Å². The highest BCUT2D eigenvalue weighted by molar-refractivity contribution is 7.92. The van der Waals surface area contributed by atoms with E-state index in [0.29, 0.717) is 30.0 Å². The van der Waals surface area contributed by atoms with E-state index < -0.39 is 10.0 Å². The summed E-state index contributed by atoms with van der Waals surface area (Å²) in [5.41, 5.74) is 2.58. The maximum Gasteiger partial charge on any atom is 0.264 e. The number of hydrogen-bond donors (Lipinski definition) is 0. The second-order valence-electron chi connectivity index (χ2n) is 9.38. The number of aryl methyl sites for hydroxylation is 1. The lowest BCUT2D eigenvalue weighted by Gasteiger charge is -2.39. The van der Waals surface area contributed by atoms with Crippen molar-refractivity contribution in [2.24, 2.45) is 0 Å². The molecule has 0 radical (unpaired) electrons. The molecule has 3 aromatic carbocycles. The Labute approximate surface area is 218 Å². The summed E-state index contributed by atoms with van der Waals surface area (Å²) in [4.78, 5) is 2.62. The van der Waals surface area contributed by atoms with Crippen molar-refractivity contribution in [3.63, 3.8) is 0 Å². The van der Waals surface area contributed by atoms with E-state index in [1.165, 1.54) is 0 Å². The highest BCUT2D eigenvalue weighted by Crippen LogP contribution is 2.39. The molecule has 0 aliphatic carbocycles.